The number of pyridine rings is 1. The summed E-state index contributed by atoms with van der Waals surface area (Å²) in [7, 11) is 0. The zero-order valence-electron chi connectivity index (χ0n) is 18.0. The van der Waals surface area contributed by atoms with E-state index in [4.69, 9.17) is 4.74 Å². The summed E-state index contributed by atoms with van der Waals surface area (Å²) in [6, 6.07) is 15.4. The van der Waals surface area contributed by atoms with Crippen LogP contribution >= 0.6 is 0 Å². The largest absolute Gasteiger partial charge is 0.475 e. The molecule has 1 aliphatic heterocycles. The van der Waals surface area contributed by atoms with Gasteiger partial charge in [-0.2, -0.15) is 0 Å². The SMILES string of the molecule is CCC(C)Oc1cccc(C(=O)N2CCC(O)(c3ccccc3)[C@H]3CCCC[C@H]32)n1. The van der Waals surface area contributed by atoms with Crippen LogP contribution in [0.15, 0.2) is 48.5 Å². The van der Waals surface area contributed by atoms with Crippen LogP contribution < -0.4 is 4.74 Å². The van der Waals surface area contributed by atoms with Crippen LogP contribution in [0, 0.1) is 5.92 Å². The number of carbonyl (C=O) groups is 1. The first-order valence-corrected chi connectivity index (χ1v) is 11.3. The number of benzene rings is 1. The summed E-state index contributed by atoms with van der Waals surface area (Å²) in [5.41, 5.74) is 0.513. The summed E-state index contributed by atoms with van der Waals surface area (Å²) in [6.45, 7) is 4.59. The van der Waals surface area contributed by atoms with Crippen LogP contribution in [0.25, 0.3) is 0 Å². The van der Waals surface area contributed by atoms with Gasteiger partial charge in [-0.25, -0.2) is 4.98 Å². The van der Waals surface area contributed by atoms with Crippen molar-refractivity contribution < 1.29 is 14.6 Å². The normalized spacial score (nSPS) is 27.2. The highest BCUT2D eigenvalue weighted by Gasteiger charge is 2.50. The topological polar surface area (TPSA) is 62.7 Å². The maximum Gasteiger partial charge on any atom is 0.272 e. The molecule has 4 atom stereocenters. The molecule has 0 radical (unpaired) electrons. The molecule has 2 heterocycles. The van der Waals surface area contributed by atoms with Gasteiger partial charge in [-0.1, -0.05) is 56.2 Å². The van der Waals surface area contributed by atoms with Crippen molar-refractivity contribution in [3.8, 4) is 5.88 Å². The van der Waals surface area contributed by atoms with E-state index in [1.54, 1.807) is 12.1 Å². The number of nitrogens with zero attached hydrogens (tertiary/aromatic N) is 2. The lowest BCUT2D eigenvalue weighted by Gasteiger charge is -2.52. The first-order valence-electron chi connectivity index (χ1n) is 11.3. The number of amides is 1. The Kier molecular flexibility index (Phi) is 6.09. The summed E-state index contributed by atoms with van der Waals surface area (Å²) < 4.78 is 5.82. The minimum absolute atomic E-state index is 0.0335. The Balaban J connectivity index is 1.59. The number of likely N-dealkylation sites (tertiary alicyclic amines) is 1. The lowest BCUT2D eigenvalue weighted by molar-refractivity contribution is -0.110. The third-order valence-electron chi connectivity index (χ3n) is 6.85. The Morgan fingerprint density at radius 2 is 1.97 bits per heavy atom. The van der Waals surface area contributed by atoms with E-state index in [-0.39, 0.29) is 24.0 Å². The van der Waals surface area contributed by atoms with Crippen molar-refractivity contribution in [3.05, 3.63) is 59.8 Å². The van der Waals surface area contributed by atoms with Gasteiger partial charge in [0.1, 0.15) is 5.69 Å². The highest BCUT2D eigenvalue weighted by Crippen LogP contribution is 2.47. The van der Waals surface area contributed by atoms with Crippen molar-refractivity contribution in [1.82, 2.24) is 9.88 Å². The molecule has 4 rings (SSSR count). The van der Waals surface area contributed by atoms with Crippen molar-refractivity contribution in [3.63, 3.8) is 0 Å². The maximum absolute atomic E-state index is 13.4. The van der Waals surface area contributed by atoms with Gasteiger partial charge in [-0.05, 0) is 44.2 Å². The highest BCUT2D eigenvalue weighted by atomic mass is 16.5. The number of hydrogen-bond donors (Lipinski definition) is 1. The summed E-state index contributed by atoms with van der Waals surface area (Å²) in [5, 5.41) is 11.7. The van der Waals surface area contributed by atoms with Crippen LogP contribution in [0.4, 0.5) is 0 Å². The van der Waals surface area contributed by atoms with E-state index in [0.29, 0.717) is 24.5 Å². The minimum Gasteiger partial charge on any atom is -0.475 e. The fourth-order valence-electron chi connectivity index (χ4n) is 5.06. The predicted octanol–water partition coefficient (Wildman–Crippen LogP) is 4.55. The smallest absolute Gasteiger partial charge is 0.272 e. The number of ether oxygens (including phenoxy) is 1. The summed E-state index contributed by atoms with van der Waals surface area (Å²) >= 11 is 0. The van der Waals surface area contributed by atoms with Crippen molar-refractivity contribution in [2.45, 2.75) is 70.1 Å². The molecule has 2 fully saturated rings. The molecule has 1 N–H and O–H groups in total. The Morgan fingerprint density at radius 1 is 1.20 bits per heavy atom. The van der Waals surface area contributed by atoms with Gasteiger partial charge in [-0.15, -0.1) is 0 Å². The standard InChI is InChI=1S/C25H32N2O3/c1-3-18(2)30-23-15-9-13-21(26-23)24(28)27-17-16-25(29,19-10-5-4-6-11-19)20-12-7-8-14-22(20)27/h4-6,9-11,13,15,18,20,22,29H,3,7-8,12,14,16-17H2,1-2H3/t18?,20-,22+,25?/m0/s1. The lowest BCUT2D eigenvalue weighted by Crippen LogP contribution is -2.59. The molecule has 0 bridgehead atoms. The fraction of sp³-hybridized carbons (Fsp3) is 0.520. The number of carbonyl (C=O) groups excluding carboxylic acids is 1. The van der Waals surface area contributed by atoms with Gasteiger partial charge in [0.15, 0.2) is 0 Å². The van der Waals surface area contributed by atoms with Crippen molar-refractivity contribution in [2.75, 3.05) is 6.54 Å². The zero-order chi connectivity index (χ0) is 21.1. The average molecular weight is 409 g/mol. The van der Waals surface area contributed by atoms with Gasteiger partial charge < -0.3 is 14.7 Å². The maximum atomic E-state index is 13.4. The molecule has 160 valence electrons. The molecule has 1 aromatic heterocycles. The Morgan fingerprint density at radius 3 is 2.73 bits per heavy atom. The monoisotopic (exact) mass is 408 g/mol. The van der Waals surface area contributed by atoms with Crippen LogP contribution in [0.3, 0.4) is 0 Å². The summed E-state index contributed by atoms with van der Waals surface area (Å²) in [4.78, 5) is 19.9. The van der Waals surface area contributed by atoms with E-state index in [1.165, 1.54) is 0 Å². The number of rotatable bonds is 5. The highest BCUT2D eigenvalue weighted by molar-refractivity contribution is 5.92. The van der Waals surface area contributed by atoms with E-state index in [9.17, 15) is 9.90 Å². The number of fused-ring (bicyclic) bond motifs is 1. The summed E-state index contributed by atoms with van der Waals surface area (Å²) in [5.74, 6) is 0.482. The minimum atomic E-state index is -0.877. The first-order chi connectivity index (χ1) is 14.5. The van der Waals surface area contributed by atoms with Gasteiger partial charge in [0.2, 0.25) is 5.88 Å². The molecule has 5 heteroatoms. The number of hydrogen-bond acceptors (Lipinski definition) is 4. The fourth-order valence-corrected chi connectivity index (χ4v) is 5.06. The van der Waals surface area contributed by atoms with E-state index in [0.717, 1.165) is 37.7 Å². The molecule has 2 aromatic rings. The van der Waals surface area contributed by atoms with Crippen molar-refractivity contribution in [2.24, 2.45) is 5.92 Å². The van der Waals surface area contributed by atoms with Gasteiger partial charge in [0.25, 0.3) is 5.91 Å². The Bertz CT molecular complexity index is 872. The van der Waals surface area contributed by atoms with Gasteiger partial charge >= 0.3 is 0 Å². The molecular weight excluding hydrogens is 376 g/mol. The van der Waals surface area contributed by atoms with Crippen LogP contribution in [0.1, 0.15) is 68.4 Å². The molecule has 1 saturated carbocycles. The molecule has 1 saturated heterocycles. The Labute approximate surface area is 179 Å². The molecule has 0 spiro atoms. The molecule has 1 aromatic carbocycles. The number of piperidine rings is 1. The predicted molar refractivity (Wildman–Crippen MR) is 116 cm³/mol. The first kappa shape index (κ1) is 20.9. The summed E-state index contributed by atoms with van der Waals surface area (Å²) in [6.07, 6.45) is 5.52. The van der Waals surface area contributed by atoms with Gasteiger partial charge in [0.05, 0.1) is 11.7 Å². The molecular formula is C25H32N2O3. The van der Waals surface area contributed by atoms with E-state index < -0.39 is 5.60 Å². The van der Waals surface area contributed by atoms with Crippen LogP contribution in [0.5, 0.6) is 5.88 Å². The third-order valence-corrected chi connectivity index (χ3v) is 6.85. The molecule has 2 unspecified atom stereocenters. The molecule has 1 amide bonds. The van der Waals surface area contributed by atoms with Gasteiger partial charge in [-0.3, -0.25) is 4.79 Å². The van der Waals surface area contributed by atoms with Crippen LogP contribution in [0.2, 0.25) is 0 Å². The van der Waals surface area contributed by atoms with Crippen LogP contribution in [-0.2, 0) is 5.60 Å². The molecule has 1 aliphatic carbocycles. The van der Waals surface area contributed by atoms with Gasteiger partial charge in [0, 0.05) is 24.6 Å². The second-order valence-corrected chi connectivity index (χ2v) is 8.69. The second kappa shape index (κ2) is 8.76. The quantitative estimate of drug-likeness (QED) is 0.788. The van der Waals surface area contributed by atoms with Crippen molar-refractivity contribution >= 4 is 5.91 Å². The van der Waals surface area contributed by atoms with Crippen LogP contribution in [-0.4, -0.2) is 39.6 Å². The molecule has 5 nitrogen and oxygen atoms in total. The third kappa shape index (κ3) is 3.95. The number of aliphatic hydroxyl groups is 1. The lowest BCUT2D eigenvalue weighted by atomic mass is 9.66. The van der Waals surface area contributed by atoms with Crippen molar-refractivity contribution in [1.29, 1.82) is 0 Å². The number of aromatic nitrogens is 1. The zero-order valence-corrected chi connectivity index (χ0v) is 18.0. The molecule has 30 heavy (non-hydrogen) atoms. The second-order valence-electron chi connectivity index (χ2n) is 8.69. The molecule has 2 aliphatic rings. The van der Waals surface area contributed by atoms with E-state index in [1.807, 2.05) is 48.2 Å². The van der Waals surface area contributed by atoms with E-state index in [2.05, 4.69) is 11.9 Å². The average Bonchev–Trinajstić information content (AvgIpc) is 2.80. The van der Waals surface area contributed by atoms with E-state index >= 15 is 0 Å². The Hall–Kier alpha value is -2.40.